The van der Waals surface area contributed by atoms with E-state index in [2.05, 4.69) is 29.0 Å². The lowest BCUT2D eigenvalue weighted by molar-refractivity contribution is 0.0939. The average Bonchev–Trinajstić information content (AvgIpc) is 2.85. The van der Waals surface area contributed by atoms with E-state index in [1.165, 1.54) is 12.3 Å². The third-order valence-electron chi connectivity index (χ3n) is 3.60. The molecule has 0 aromatic carbocycles. The monoisotopic (exact) mass is 263 g/mol. The predicted octanol–water partition coefficient (Wildman–Crippen LogP) is 1.25. The molecular formula is C14H21N3O2. The number of hydrogen-bond acceptors (Lipinski definition) is 4. The van der Waals surface area contributed by atoms with Gasteiger partial charge in [-0.1, -0.05) is 0 Å². The Kier molecular flexibility index (Phi) is 4.37. The number of pyridine rings is 1. The lowest BCUT2D eigenvalue weighted by Gasteiger charge is -2.20. The second-order valence-corrected chi connectivity index (χ2v) is 5.32. The molecular weight excluding hydrogens is 242 g/mol. The van der Waals surface area contributed by atoms with E-state index >= 15 is 0 Å². The van der Waals surface area contributed by atoms with Gasteiger partial charge in [0.05, 0.1) is 0 Å². The van der Waals surface area contributed by atoms with Gasteiger partial charge in [0.25, 0.3) is 5.91 Å². The Morgan fingerprint density at radius 3 is 3.05 bits per heavy atom. The van der Waals surface area contributed by atoms with E-state index in [1.807, 2.05) is 0 Å². The Morgan fingerprint density at radius 2 is 2.42 bits per heavy atom. The highest BCUT2D eigenvalue weighted by Crippen LogP contribution is 2.18. The molecule has 0 radical (unpaired) electrons. The van der Waals surface area contributed by atoms with E-state index < -0.39 is 0 Å². The maximum atomic E-state index is 11.9. The molecule has 2 rings (SSSR count). The number of rotatable bonds is 4. The number of nitrogens with one attached hydrogen (secondary N) is 1. The van der Waals surface area contributed by atoms with Crippen LogP contribution in [0.15, 0.2) is 18.3 Å². The van der Waals surface area contributed by atoms with Crippen LogP contribution in [0.25, 0.3) is 0 Å². The fraction of sp³-hybridized carbons (Fsp3) is 0.571. The normalized spacial score (nSPS) is 19.8. The standard InChI is InChI=1S/C14H21N3O2/c1-10(2)17-7-5-11(9-17)8-16-14(19)13-12(18)4-3-6-15-13/h3-4,6,10-11,18H,5,7-9H2,1-2H3,(H,16,19). The van der Waals surface area contributed by atoms with Crippen molar-refractivity contribution in [3.05, 3.63) is 24.0 Å². The SMILES string of the molecule is CC(C)N1CCC(CNC(=O)c2ncccc2O)C1. The largest absolute Gasteiger partial charge is 0.505 e. The summed E-state index contributed by atoms with van der Waals surface area (Å²) in [5.74, 6) is 0.105. The molecule has 1 unspecified atom stereocenters. The second kappa shape index (κ2) is 6.02. The van der Waals surface area contributed by atoms with Crippen molar-refractivity contribution < 1.29 is 9.90 Å². The fourth-order valence-electron chi connectivity index (χ4n) is 2.39. The molecule has 1 amide bonds. The lowest BCUT2D eigenvalue weighted by atomic mass is 10.1. The first-order valence-electron chi connectivity index (χ1n) is 6.74. The van der Waals surface area contributed by atoms with Crippen molar-refractivity contribution in [3.63, 3.8) is 0 Å². The fourth-order valence-corrected chi connectivity index (χ4v) is 2.39. The lowest BCUT2D eigenvalue weighted by Crippen LogP contribution is -2.33. The molecule has 2 heterocycles. The second-order valence-electron chi connectivity index (χ2n) is 5.32. The first-order valence-corrected chi connectivity index (χ1v) is 6.74. The van der Waals surface area contributed by atoms with Crippen molar-refractivity contribution in [3.8, 4) is 5.75 Å². The Morgan fingerprint density at radius 1 is 1.63 bits per heavy atom. The van der Waals surface area contributed by atoms with Crippen LogP contribution < -0.4 is 5.32 Å². The van der Waals surface area contributed by atoms with E-state index in [4.69, 9.17) is 0 Å². The number of hydrogen-bond donors (Lipinski definition) is 2. The summed E-state index contributed by atoms with van der Waals surface area (Å²) >= 11 is 0. The molecule has 1 aromatic rings. The number of aromatic hydroxyl groups is 1. The molecule has 0 saturated carbocycles. The minimum atomic E-state index is -0.305. The molecule has 1 fully saturated rings. The van der Waals surface area contributed by atoms with Crippen molar-refractivity contribution in [2.75, 3.05) is 19.6 Å². The van der Waals surface area contributed by atoms with Gasteiger partial charge in [-0.15, -0.1) is 0 Å². The van der Waals surface area contributed by atoms with E-state index in [0.717, 1.165) is 19.5 Å². The van der Waals surface area contributed by atoms with Crippen molar-refractivity contribution >= 4 is 5.91 Å². The molecule has 1 aliphatic rings. The van der Waals surface area contributed by atoms with Crippen molar-refractivity contribution in [1.82, 2.24) is 15.2 Å². The summed E-state index contributed by atoms with van der Waals surface area (Å²) in [5.41, 5.74) is 0.0983. The van der Waals surface area contributed by atoms with Crippen LogP contribution in [0.4, 0.5) is 0 Å². The van der Waals surface area contributed by atoms with E-state index in [0.29, 0.717) is 18.5 Å². The van der Waals surface area contributed by atoms with Gasteiger partial charge in [-0.2, -0.15) is 0 Å². The van der Waals surface area contributed by atoms with E-state index in [-0.39, 0.29) is 17.4 Å². The molecule has 19 heavy (non-hydrogen) atoms. The Labute approximate surface area is 113 Å². The molecule has 0 spiro atoms. The summed E-state index contributed by atoms with van der Waals surface area (Å²) in [6.07, 6.45) is 2.61. The van der Waals surface area contributed by atoms with Crippen LogP contribution in [0.3, 0.4) is 0 Å². The zero-order valence-corrected chi connectivity index (χ0v) is 11.5. The molecule has 1 saturated heterocycles. The first-order chi connectivity index (χ1) is 9.08. The number of carbonyl (C=O) groups is 1. The highest BCUT2D eigenvalue weighted by Gasteiger charge is 2.24. The number of aromatic nitrogens is 1. The topological polar surface area (TPSA) is 65.5 Å². The summed E-state index contributed by atoms with van der Waals surface area (Å²) in [6, 6.07) is 3.63. The summed E-state index contributed by atoms with van der Waals surface area (Å²) < 4.78 is 0. The smallest absolute Gasteiger partial charge is 0.273 e. The Bertz CT molecular complexity index is 448. The van der Waals surface area contributed by atoms with E-state index in [1.54, 1.807) is 6.07 Å². The van der Waals surface area contributed by atoms with E-state index in [9.17, 15) is 9.90 Å². The number of amides is 1. The molecule has 5 nitrogen and oxygen atoms in total. The zero-order chi connectivity index (χ0) is 13.8. The van der Waals surface area contributed by atoms with Gasteiger partial charge < -0.3 is 15.3 Å². The zero-order valence-electron chi connectivity index (χ0n) is 11.5. The minimum Gasteiger partial charge on any atom is -0.505 e. The van der Waals surface area contributed by atoms with Crippen LogP contribution in [0.1, 0.15) is 30.8 Å². The van der Waals surface area contributed by atoms with Gasteiger partial charge >= 0.3 is 0 Å². The highest BCUT2D eigenvalue weighted by molar-refractivity contribution is 5.94. The molecule has 1 atom stereocenters. The number of likely N-dealkylation sites (tertiary alicyclic amines) is 1. The molecule has 1 aliphatic heterocycles. The molecule has 2 N–H and O–H groups in total. The molecule has 0 bridgehead atoms. The van der Waals surface area contributed by atoms with Crippen molar-refractivity contribution in [1.29, 1.82) is 0 Å². The third-order valence-corrected chi connectivity index (χ3v) is 3.60. The molecule has 104 valence electrons. The van der Waals surface area contributed by atoms with Gasteiger partial charge in [-0.05, 0) is 44.9 Å². The van der Waals surface area contributed by atoms with Crippen molar-refractivity contribution in [2.24, 2.45) is 5.92 Å². The summed E-state index contributed by atoms with van der Waals surface area (Å²) in [5, 5.41) is 12.4. The van der Waals surface area contributed by atoms with Crippen LogP contribution in [0.2, 0.25) is 0 Å². The van der Waals surface area contributed by atoms with Crippen LogP contribution in [0, 0.1) is 5.92 Å². The Balaban J connectivity index is 1.84. The van der Waals surface area contributed by atoms with Gasteiger partial charge in [0.2, 0.25) is 0 Å². The summed E-state index contributed by atoms with van der Waals surface area (Å²) in [4.78, 5) is 18.2. The quantitative estimate of drug-likeness (QED) is 0.858. The highest BCUT2D eigenvalue weighted by atomic mass is 16.3. The molecule has 5 heteroatoms. The van der Waals surface area contributed by atoms with Crippen LogP contribution in [0.5, 0.6) is 5.75 Å². The Hall–Kier alpha value is -1.62. The maximum absolute atomic E-state index is 11.9. The predicted molar refractivity (Wildman–Crippen MR) is 73.1 cm³/mol. The summed E-state index contributed by atoms with van der Waals surface area (Å²) in [7, 11) is 0. The summed E-state index contributed by atoms with van der Waals surface area (Å²) in [6.45, 7) is 7.12. The first kappa shape index (κ1) is 13.8. The minimum absolute atomic E-state index is 0.0739. The van der Waals surface area contributed by atoms with Crippen LogP contribution in [-0.4, -0.2) is 46.6 Å². The van der Waals surface area contributed by atoms with Crippen LogP contribution in [-0.2, 0) is 0 Å². The van der Waals surface area contributed by atoms with Gasteiger partial charge in [-0.25, -0.2) is 4.98 Å². The van der Waals surface area contributed by atoms with Crippen molar-refractivity contribution in [2.45, 2.75) is 26.3 Å². The molecule has 1 aromatic heterocycles. The molecule has 0 aliphatic carbocycles. The van der Waals surface area contributed by atoms with Gasteiger partial charge in [0.15, 0.2) is 5.69 Å². The van der Waals surface area contributed by atoms with Gasteiger partial charge in [0.1, 0.15) is 5.75 Å². The maximum Gasteiger partial charge on any atom is 0.273 e. The van der Waals surface area contributed by atoms with Gasteiger partial charge in [0, 0.05) is 25.3 Å². The number of carbonyl (C=O) groups excluding carboxylic acids is 1. The number of nitrogens with zero attached hydrogens (tertiary/aromatic N) is 2. The van der Waals surface area contributed by atoms with Gasteiger partial charge in [-0.3, -0.25) is 4.79 Å². The van der Waals surface area contributed by atoms with Crippen LogP contribution >= 0.6 is 0 Å². The average molecular weight is 263 g/mol. The third kappa shape index (κ3) is 3.44.